The highest BCUT2D eigenvalue weighted by atomic mass is 15.2. The topological polar surface area (TPSA) is 13.0 Å². The highest BCUT2D eigenvalue weighted by Gasteiger charge is 2.52. The molecule has 0 aromatic heterocycles. The molecule has 12 aromatic rings. The first-order valence-corrected chi connectivity index (χ1v) is 29.1. The SMILES string of the molecule is CC(C)c1cccc(N(c2ccccc2)c2ccc3c(c2)-c2cc(N(c4ccccc4)c4cccc(C(C)C)c4)ccc2C32c3ccc(N(c4ccccc4)c4ccccc4)cc3-c3cc(N(c4ccccc4)c4ccccc4)ccc32)c1. The summed E-state index contributed by atoms with van der Waals surface area (Å²) in [6, 6.07) is 112. The van der Waals surface area contributed by atoms with Crippen molar-refractivity contribution in [3.8, 4) is 22.3 Å². The first-order chi connectivity index (χ1) is 40.8. The van der Waals surface area contributed by atoms with Crippen molar-refractivity contribution in [3.05, 3.63) is 337 Å². The lowest BCUT2D eigenvalue weighted by atomic mass is 9.70. The Labute approximate surface area is 489 Å². The van der Waals surface area contributed by atoms with Crippen LogP contribution in [-0.2, 0) is 5.41 Å². The minimum atomic E-state index is -0.692. The van der Waals surface area contributed by atoms with Crippen LogP contribution >= 0.6 is 0 Å². The van der Waals surface area contributed by atoms with Gasteiger partial charge >= 0.3 is 0 Å². The van der Waals surface area contributed by atoms with Gasteiger partial charge in [-0.3, -0.25) is 0 Å². The van der Waals surface area contributed by atoms with Gasteiger partial charge < -0.3 is 19.6 Å². The number of nitrogens with zero attached hydrogens (tertiary/aromatic N) is 4. The molecule has 0 unspecified atom stereocenters. The van der Waals surface area contributed by atoms with E-state index >= 15 is 0 Å². The Hall–Kier alpha value is -10.2. The fraction of sp³-hybridized carbons (Fsp3) is 0.0886. The fourth-order valence-electron chi connectivity index (χ4n) is 13.1. The van der Waals surface area contributed by atoms with Crippen LogP contribution in [0.5, 0.6) is 0 Å². The number of para-hydroxylation sites is 6. The first kappa shape index (κ1) is 51.0. The van der Waals surface area contributed by atoms with Gasteiger partial charge in [0.2, 0.25) is 0 Å². The molecule has 0 saturated carbocycles. The third-order valence-corrected chi connectivity index (χ3v) is 16.9. The van der Waals surface area contributed by atoms with Crippen LogP contribution in [-0.4, -0.2) is 0 Å². The van der Waals surface area contributed by atoms with Crippen LogP contribution in [0, 0.1) is 0 Å². The van der Waals surface area contributed by atoms with E-state index in [0.717, 1.165) is 68.2 Å². The second-order valence-electron chi connectivity index (χ2n) is 22.5. The van der Waals surface area contributed by atoms with Crippen molar-refractivity contribution in [2.24, 2.45) is 0 Å². The Bertz CT molecular complexity index is 3920. The molecular formula is C79H64N4. The Morgan fingerprint density at radius 2 is 0.410 bits per heavy atom. The van der Waals surface area contributed by atoms with E-state index in [9.17, 15) is 0 Å². The maximum Gasteiger partial charge on any atom is 0.0725 e. The molecule has 2 aliphatic rings. The molecule has 0 saturated heterocycles. The minimum absolute atomic E-state index is 0.370. The number of fused-ring (bicyclic) bond motifs is 10. The summed E-state index contributed by atoms with van der Waals surface area (Å²) in [5, 5.41) is 0. The second kappa shape index (κ2) is 21.4. The molecule has 4 heteroatoms. The molecule has 0 aliphatic heterocycles. The van der Waals surface area contributed by atoms with Crippen molar-refractivity contribution in [2.75, 3.05) is 19.6 Å². The zero-order chi connectivity index (χ0) is 56.0. The fourth-order valence-corrected chi connectivity index (χ4v) is 13.1. The number of hydrogen-bond acceptors (Lipinski definition) is 4. The number of benzene rings is 12. The van der Waals surface area contributed by atoms with Crippen LogP contribution in [0.3, 0.4) is 0 Å². The summed E-state index contributed by atoms with van der Waals surface area (Å²) in [7, 11) is 0. The van der Waals surface area contributed by atoms with Crippen LogP contribution < -0.4 is 19.6 Å². The van der Waals surface area contributed by atoms with E-state index in [-0.39, 0.29) is 0 Å². The minimum Gasteiger partial charge on any atom is -0.310 e. The Kier molecular flexibility index (Phi) is 13.1. The molecule has 4 nitrogen and oxygen atoms in total. The van der Waals surface area contributed by atoms with E-state index in [1.54, 1.807) is 0 Å². The maximum atomic E-state index is 2.48. The van der Waals surface area contributed by atoms with Crippen LogP contribution in [0.15, 0.2) is 303 Å². The van der Waals surface area contributed by atoms with Crippen molar-refractivity contribution < 1.29 is 0 Å². The summed E-state index contributed by atoms with van der Waals surface area (Å²) < 4.78 is 0. The standard InChI is InChI=1S/C79H64N4/c1-55(2)57-25-23-39-65(49-57)82(63-35-19-9-20-36-63)69-43-47-77-73(53-69)74-54-70(83(64-37-21-10-22-38-64)66-40-24-26-58(50-66)56(3)4)44-48-78(74)79(77)75-45-41-67(80(59-27-11-5-12-28-59)60-29-13-6-14-30-60)51-71(75)72-52-68(42-46-76(72)79)81(61-31-15-7-16-32-61)62-33-17-8-18-34-62/h5-56H,1-4H3. The van der Waals surface area contributed by atoms with E-state index in [0.29, 0.717) is 11.8 Å². The molecule has 14 rings (SSSR count). The lowest BCUT2D eigenvalue weighted by Gasteiger charge is -2.32. The Morgan fingerprint density at radius 3 is 0.639 bits per heavy atom. The van der Waals surface area contributed by atoms with Crippen LogP contribution in [0.4, 0.5) is 68.2 Å². The van der Waals surface area contributed by atoms with Crippen LogP contribution in [0.2, 0.25) is 0 Å². The van der Waals surface area contributed by atoms with Gasteiger partial charge in [-0.2, -0.15) is 0 Å². The second-order valence-corrected chi connectivity index (χ2v) is 22.5. The molecule has 400 valence electrons. The molecule has 83 heavy (non-hydrogen) atoms. The average Bonchev–Trinajstić information content (AvgIpc) is 1.80. The lowest BCUT2D eigenvalue weighted by Crippen LogP contribution is -2.26. The summed E-state index contributed by atoms with van der Waals surface area (Å²) in [5.41, 5.74) is 25.0. The summed E-state index contributed by atoms with van der Waals surface area (Å²) in [5.74, 6) is 0.741. The molecular weight excluding hydrogens is 1000 g/mol. The van der Waals surface area contributed by atoms with Crippen LogP contribution in [0.1, 0.15) is 72.9 Å². The maximum absolute atomic E-state index is 2.48. The third-order valence-electron chi connectivity index (χ3n) is 16.9. The highest BCUT2D eigenvalue weighted by molar-refractivity contribution is 6.00. The van der Waals surface area contributed by atoms with Gasteiger partial charge in [-0.15, -0.1) is 0 Å². The van der Waals surface area contributed by atoms with E-state index in [1.165, 1.54) is 55.6 Å². The third kappa shape index (κ3) is 8.95. The quantitative estimate of drug-likeness (QED) is 0.108. The zero-order valence-corrected chi connectivity index (χ0v) is 47.3. The molecule has 0 radical (unpaired) electrons. The van der Waals surface area contributed by atoms with Gasteiger partial charge in [-0.25, -0.2) is 0 Å². The molecule has 0 N–H and O–H groups in total. The smallest absolute Gasteiger partial charge is 0.0725 e. The normalized spacial score (nSPS) is 12.4. The lowest BCUT2D eigenvalue weighted by molar-refractivity contribution is 0.793. The molecule has 2 aliphatic carbocycles. The van der Waals surface area contributed by atoms with E-state index in [1.807, 2.05) is 0 Å². The first-order valence-electron chi connectivity index (χ1n) is 29.1. The van der Waals surface area contributed by atoms with Gasteiger partial charge in [-0.1, -0.05) is 185 Å². The van der Waals surface area contributed by atoms with Gasteiger partial charge in [0.1, 0.15) is 0 Å². The van der Waals surface area contributed by atoms with Gasteiger partial charge in [0.15, 0.2) is 0 Å². The molecule has 0 amide bonds. The summed E-state index contributed by atoms with van der Waals surface area (Å²) in [6.07, 6.45) is 0. The summed E-state index contributed by atoms with van der Waals surface area (Å²) in [6.45, 7) is 9.10. The summed E-state index contributed by atoms with van der Waals surface area (Å²) in [4.78, 5) is 9.66. The predicted octanol–water partition coefficient (Wildman–Crippen LogP) is 22.2. The van der Waals surface area contributed by atoms with Crippen molar-refractivity contribution in [2.45, 2.75) is 44.9 Å². The van der Waals surface area contributed by atoms with E-state index in [4.69, 9.17) is 0 Å². The molecule has 1 spiro atoms. The number of hydrogen-bond donors (Lipinski definition) is 0. The van der Waals surface area contributed by atoms with Crippen molar-refractivity contribution in [1.29, 1.82) is 0 Å². The predicted molar refractivity (Wildman–Crippen MR) is 350 cm³/mol. The van der Waals surface area contributed by atoms with Gasteiger partial charge in [0, 0.05) is 68.2 Å². The van der Waals surface area contributed by atoms with Crippen LogP contribution in [0.25, 0.3) is 22.3 Å². The molecule has 0 bridgehead atoms. The summed E-state index contributed by atoms with van der Waals surface area (Å²) >= 11 is 0. The van der Waals surface area contributed by atoms with Gasteiger partial charge in [0.25, 0.3) is 0 Å². The average molecular weight is 1070 g/mol. The number of rotatable bonds is 14. The molecule has 0 fully saturated rings. The Morgan fingerprint density at radius 1 is 0.205 bits per heavy atom. The zero-order valence-electron chi connectivity index (χ0n) is 47.3. The van der Waals surface area contributed by atoms with Gasteiger partial charge in [0.05, 0.1) is 5.41 Å². The van der Waals surface area contributed by atoms with Crippen molar-refractivity contribution >= 4 is 68.2 Å². The molecule has 0 atom stereocenters. The monoisotopic (exact) mass is 1070 g/mol. The number of anilines is 12. The Balaban J connectivity index is 1.06. The highest BCUT2D eigenvalue weighted by Crippen LogP contribution is 2.65. The largest absolute Gasteiger partial charge is 0.310 e. The van der Waals surface area contributed by atoms with Crippen molar-refractivity contribution in [3.63, 3.8) is 0 Å². The van der Waals surface area contributed by atoms with E-state index in [2.05, 4.69) is 351 Å². The molecule has 0 heterocycles. The van der Waals surface area contributed by atoms with Gasteiger partial charge in [-0.05, 0) is 213 Å². The molecule has 12 aromatic carbocycles. The van der Waals surface area contributed by atoms with E-state index < -0.39 is 5.41 Å². The van der Waals surface area contributed by atoms with Crippen molar-refractivity contribution in [1.82, 2.24) is 0 Å².